The molecule has 0 fully saturated rings. The summed E-state index contributed by atoms with van der Waals surface area (Å²) in [7, 11) is 0. The third-order valence-corrected chi connectivity index (χ3v) is 2.43. The fraction of sp³-hybridized carbons (Fsp3) is 0.231. The maximum Gasteiger partial charge on any atom is 0.352 e. The Labute approximate surface area is 103 Å². The molecule has 0 aliphatic heterocycles. The highest BCUT2D eigenvalue weighted by Crippen LogP contribution is 2.18. The molecule has 0 amide bonds. The zero-order valence-corrected chi connectivity index (χ0v) is 10.1. The standard InChI is InChI=1S/C13H13NO4/c1-7(2)18-13(17)8-3-4-10-9(5-8)6-11(14-10)12(15)16/h3-7,14H,1-2H3,(H,15,16). The fourth-order valence-corrected chi connectivity index (χ4v) is 1.66. The smallest absolute Gasteiger partial charge is 0.352 e. The Morgan fingerprint density at radius 2 is 2.00 bits per heavy atom. The first-order chi connectivity index (χ1) is 8.47. The van der Waals surface area contributed by atoms with Gasteiger partial charge in [0.2, 0.25) is 0 Å². The number of aromatic nitrogens is 1. The molecule has 0 aliphatic carbocycles. The molecule has 94 valence electrons. The number of aromatic amines is 1. The maximum atomic E-state index is 11.7. The van der Waals surface area contributed by atoms with Crippen LogP contribution in [-0.2, 0) is 4.74 Å². The lowest BCUT2D eigenvalue weighted by Crippen LogP contribution is -2.11. The molecule has 5 heteroatoms. The molecule has 0 radical (unpaired) electrons. The topological polar surface area (TPSA) is 79.4 Å². The first-order valence-electron chi connectivity index (χ1n) is 5.54. The molecule has 0 bridgehead atoms. The lowest BCUT2D eigenvalue weighted by molar-refractivity contribution is 0.0378. The summed E-state index contributed by atoms with van der Waals surface area (Å²) in [4.78, 5) is 25.3. The molecule has 0 unspecified atom stereocenters. The predicted molar refractivity (Wildman–Crippen MR) is 65.8 cm³/mol. The number of carbonyl (C=O) groups is 2. The van der Waals surface area contributed by atoms with E-state index in [-0.39, 0.29) is 11.8 Å². The molecule has 2 rings (SSSR count). The van der Waals surface area contributed by atoms with Crippen molar-refractivity contribution in [2.45, 2.75) is 20.0 Å². The van der Waals surface area contributed by atoms with Crippen LogP contribution in [0.4, 0.5) is 0 Å². The van der Waals surface area contributed by atoms with E-state index in [1.54, 1.807) is 32.0 Å². The van der Waals surface area contributed by atoms with Crippen molar-refractivity contribution in [3.63, 3.8) is 0 Å². The predicted octanol–water partition coefficient (Wildman–Crippen LogP) is 2.43. The molecule has 0 saturated heterocycles. The summed E-state index contributed by atoms with van der Waals surface area (Å²) < 4.78 is 5.07. The lowest BCUT2D eigenvalue weighted by atomic mass is 10.1. The minimum Gasteiger partial charge on any atom is -0.477 e. The second-order valence-corrected chi connectivity index (χ2v) is 4.24. The Morgan fingerprint density at radius 3 is 2.61 bits per heavy atom. The third-order valence-electron chi connectivity index (χ3n) is 2.43. The number of H-pyrrole nitrogens is 1. The van der Waals surface area contributed by atoms with Crippen LogP contribution in [0.3, 0.4) is 0 Å². The van der Waals surface area contributed by atoms with Gasteiger partial charge in [0.1, 0.15) is 5.69 Å². The fourth-order valence-electron chi connectivity index (χ4n) is 1.66. The van der Waals surface area contributed by atoms with Crippen LogP contribution >= 0.6 is 0 Å². The van der Waals surface area contributed by atoms with Gasteiger partial charge in [0, 0.05) is 10.9 Å². The minimum absolute atomic E-state index is 0.0966. The number of hydrogen-bond acceptors (Lipinski definition) is 3. The third kappa shape index (κ3) is 2.34. The van der Waals surface area contributed by atoms with Gasteiger partial charge in [-0.15, -0.1) is 0 Å². The van der Waals surface area contributed by atoms with E-state index >= 15 is 0 Å². The zero-order valence-electron chi connectivity index (χ0n) is 10.1. The van der Waals surface area contributed by atoms with Gasteiger partial charge in [-0.1, -0.05) is 0 Å². The average Bonchev–Trinajstić information content (AvgIpc) is 2.70. The number of fused-ring (bicyclic) bond motifs is 1. The highest BCUT2D eigenvalue weighted by molar-refractivity contribution is 5.98. The van der Waals surface area contributed by atoms with Gasteiger partial charge in [-0.2, -0.15) is 0 Å². The molecule has 1 aromatic carbocycles. The average molecular weight is 247 g/mol. The van der Waals surface area contributed by atoms with Crippen molar-refractivity contribution in [3.05, 3.63) is 35.5 Å². The first-order valence-corrected chi connectivity index (χ1v) is 5.54. The van der Waals surface area contributed by atoms with Crippen molar-refractivity contribution in [2.75, 3.05) is 0 Å². The van der Waals surface area contributed by atoms with Gasteiger partial charge in [-0.05, 0) is 38.1 Å². The molecule has 1 heterocycles. The van der Waals surface area contributed by atoms with Gasteiger partial charge in [-0.3, -0.25) is 0 Å². The number of carboxylic acid groups (broad SMARTS) is 1. The lowest BCUT2D eigenvalue weighted by Gasteiger charge is -2.07. The van der Waals surface area contributed by atoms with E-state index in [0.29, 0.717) is 16.5 Å². The van der Waals surface area contributed by atoms with Crippen molar-refractivity contribution in [3.8, 4) is 0 Å². The van der Waals surface area contributed by atoms with Crippen LogP contribution in [-0.4, -0.2) is 28.1 Å². The molecular formula is C13H13NO4. The molecule has 0 saturated carbocycles. The quantitative estimate of drug-likeness (QED) is 0.816. The van der Waals surface area contributed by atoms with E-state index in [9.17, 15) is 9.59 Å². The molecular weight excluding hydrogens is 234 g/mol. The number of aromatic carboxylic acids is 1. The highest BCUT2D eigenvalue weighted by Gasteiger charge is 2.12. The van der Waals surface area contributed by atoms with E-state index in [0.717, 1.165) is 0 Å². The van der Waals surface area contributed by atoms with Crippen molar-refractivity contribution < 1.29 is 19.4 Å². The number of carbonyl (C=O) groups excluding carboxylic acids is 1. The van der Waals surface area contributed by atoms with Gasteiger partial charge < -0.3 is 14.8 Å². The van der Waals surface area contributed by atoms with E-state index in [1.165, 1.54) is 6.07 Å². The van der Waals surface area contributed by atoms with Crippen molar-refractivity contribution in [2.24, 2.45) is 0 Å². The van der Waals surface area contributed by atoms with E-state index in [2.05, 4.69) is 4.98 Å². The number of carboxylic acids is 1. The van der Waals surface area contributed by atoms with Crippen LogP contribution < -0.4 is 0 Å². The second-order valence-electron chi connectivity index (χ2n) is 4.24. The van der Waals surface area contributed by atoms with Gasteiger partial charge in [0.25, 0.3) is 0 Å². The van der Waals surface area contributed by atoms with Crippen LogP contribution in [0.2, 0.25) is 0 Å². The molecule has 0 aliphatic rings. The summed E-state index contributed by atoms with van der Waals surface area (Å²) in [6.45, 7) is 3.55. The van der Waals surface area contributed by atoms with Crippen LogP contribution in [0.25, 0.3) is 10.9 Å². The summed E-state index contributed by atoms with van der Waals surface area (Å²) in [6, 6.07) is 6.38. The largest absolute Gasteiger partial charge is 0.477 e. The van der Waals surface area contributed by atoms with Crippen LogP contribution in [0.5, 0.6) is 0 Å². The summed E-state index contributed by atoms with van der Waals surface area (Å²) in [5.74, 6) is -1.44. The molecule has 18 heavy (non-hydrogen) atoms. The van der Waals surface area contributed by atoms with Crippen LogP contribution in [0.1, 0.15) is 34.7 Å². The molecule has 1 aromatic heterocycles. The Morgan fingerprint density at radius 1 is 1.28 bits per heavy atom. The second kappa shape index (κ2) is 4.52. The van der Waals surface area contributed by atoms with E-state index < -0.39 is 11.9 Å². The molecule has 2 N–H and O–H groups in total. The number of hydrogen-bond donors (Lipinski definition) is 2. The van der Waals surface area contributed by atoms with Gasteiger partial charge in [0.05, 0.1) is 11.7 Å². The Balaban J connectivity index is 2.38. The monoisotopic (exact) mass is 247 g/mol. The molecule has 0 spiro atoms. The Hall–Kier alpha value is -2.30. The van der Waals surface area contributed by atoms with E-state index in [4.69, 9.17) is 9.84 Å². The van der Waals surface area contributed by atoms with Crippen LogP contribution in [0.15, 0.2) is 24.3 Å². The van der Waals surface area contributed by atoms with Crippen molar-refractivity contribution >= 4 is 22.8 Å². The summed E-state index contributed by atoms with van der Waals surface area (Å²) in [6.07, 6.45) is -0.186. The van der Waals surface area contributed by atoms with Crippen molar-refractivity contribution in [1.29, 1.82) is 0 Å². The number of esters is 1. The number of benzene rings is 1. The number of rotatable bonds is 3. The Kier molecular flexibility index (Phi) is 3.06. The van der Waals surface area contributed by atoms with Crippen molar-refractivity contribution in [1.82, 2.24) is 4.98 Å². The van der Waals surface area contributed by atoms with Crippen LogP contribution in [0, 0.1) is 0 Å². The number of ether oxygens (including phenoxy) is 1. The first kappa shape index (κ1) is 12.2. The zero-order chi connectivity index (χ0) is 13.3. The maximum absolute atomic E-state index is 11.7. The SMILES string of the molecule is CC(C)OC(=O)c1ccc2[nH]c(C(=O)O)cc2c1. The molecule has 5 nitrogen and oxygen atoms in total. The van der Waals surface area contributed by atoms with Gasteiger partial charge >= 0.3 is 11.9 Å². The van der Waals surface area contributed by atoms with E-state index in [1.807, 2.05) is 0 Å². The minimum atomic E-state index is -1.03. The molecule has 0 atom stereocenters. The summed E-state index contributed by atoms with van der Waals surface area (Å²) >= 11 is 0. The van der Waals surface area contributed by atoms with Gasteiger partial charge in [-0.25, -0.2) is 9.59 Å². The number of nitrogens with one attached hydrogen (secondary N) is 1. The Bertz CT molecular complexity index is 612. The summed E-state index contributed by atoms with van der Waals surface area (Å²) in [5.41, 5.74) is 1.18. The normalized spacial score (nSPS) is 10.8. The summed E-state index contributed by atoms with van der Waals surface area (Å²) in [5, 5.41) is 9.53. The van der Waals surface area contributed by atoms with Gasteiger partial charge in [0.15, 0.2) is 0 Å². The molecule has 2 aromatic rings. The highest BCUT2D eigenvalue weighted by atomic mass is 16.5.